The fourth-order valence-electron chi connectivity index (χ4n) is 2.00. The minimum atomic E-state index is -3.16. The molecule has 0 aliphatic carbocycles. The van der Waals surface area contributed by atoms with Crippen LogP contribution in [0.1, 0.15) is 12.8 Å². The van der Waals surface area contributed by atoms with Crippen LogP contribution in [0.25, 0.3) is 0 Å². The number of hydrogen-bond donors (Lipinski definition) is 2. The highest BCUT2D eigenvalue weighted by Crippen LogP contribution is 2.25. The van der Waals surface area contributed by atoms with Gasteiger partial charge in [0.15, 0.2) is 0 Å². The molecule has 0 aromatic heterocycles. The number of hydrogen-bond acceptors (Lipinski definition) is 4. The van der Waals surface area contributed by atoms with Crippen LogP contribution in [0.15, 0.2) is 24.3 Å². The van der Waals surface area contributed by atoms with E-state index < -0.39 is 10.0 Å². The molecule has 1 fully saturated rings. The third-order valence-electron chi connectivity index (χ3n) is 2.91. The Morgan fingerprint density at radius 3 is 2.45 bits per heavy atom. The summed E-state index contributed by atoms with van der Waals surface area (Å²) in [7, 11) is -3.16. The molecule has 1 heterocycles. The molecule has 0 atom stereocenters. The van der Waals surface area contributed by atoms with Gasteiger partial charge in [0.05, 0.1) is 11.4 Å². The van der Waals surface area contributed by atoms with Gasteiger partial charge in [-0.2, -0.15) is 0 Å². The summed E-state index contributed by atoms with van der Waals surface area (Å²) in [6, 6.07) is 6.77. The Hall–Kier alpha value is -1.31. The van der Waals surface area contributed by atoms with E-state index in [4.69, 9.17) is 5.73 Å². The fraction of sp³-hybridized carbons (Fsp3) is 0.417. The first-order valence-electron chi connectivity index (χ1n) is 6.13. The monoisotopic (exact) mass is 319 g/mol. The number of sulfonamides is 1. The standard InChI is InChI=1S/C12H17N3O3S.ClH/c13-7-6-12(16)14-10-2-4-11(5-3-10)15-8-1-9-19(15,17)18;/h2-5H,1,6-9,13H2,(H,14,16);1H. The van der Waals surface area contributed by atoms with Crippen molar-refractivity contribution in [3.8, 4) is 0 Å². The zero-order valence-corrected chi connectivity index (χ0v) is 12.5. The first-order valence-corrected chi connectivity index (χ1v) is 7.74. The molecule has 1 aliphatic heterocycles. The number of carbonyl (C=O) groups is 1. The maximum Gasteiger partial charge on any atom is 0.235 e. The van der Waals surface area contributed by atoms with Crippen LogP contribution in [0.2, 0.25) is 0 Å². The van der Waals surface area contributed by atoms with Gasteiger partial charge in [-0.1, -0.05) is 0 Å². The smallest absolute Gasteiger partial charge is 0.235 e. The molecule has 1 aromatic carbocycles. The summed E-state index contributed by atoms with van der Waals surface area (Å²) in [5.74, 6) is 0.0474. The first kappa shape index (κ1) is 16.7. The normalized spacial score (nSPS) is 16.6. The summed E-state index contributed by atoms with van der Waals surface area (Å²) in [5.41, 5.74) is 6.56. The predicted molar refractivity (Wildman–Crippen MR) is 81.7 cm³/mol. The molecule has 0 saturated carbocycles. The predicted octanol–water partition coefficient (Wildman–Crippen LogP) is 0.936. The molecule has 1 amide bonds. The molecule has 112 valence electrons. The van der Waals surface area contributed by atoms with E-state index in [1.54, 1.807) is 24.3 Å². The van der Waals surface area contributed by atoms with Crippen molar-refractivity contribution in [1.82, 2.24) is 0 Å². The van der Waals surface area contributed by atoms with E-state index in [9.17, 15) is 13.2 Å². The Labute approximate surface area is 124 Å². The molecule has 6 nitrogen and oxygen atoms in total. The molecule has 2 rings (SSSR count). The minimum Gasteiger partial charge on any atom is -0.330 e. The molecule has 1 aromatic rings. The van der Waals surface area contributed by atoms with Gasteiger partial charge in [-0.15, -0.1) is 12.4 Å². The number of nitrogens with two attached hydrogens (primary N) is 1. The summed E-state index contributed by atoms with van der Waals surface area (Å²) in [6.07, 6.45) is 0.916. The second kappa shape index (κ2) is 6.92. The Balaban J connectivity index is 0.00000200. The Bertz CT molecular complexity index is 560. The van der Waals surface area contributed by atoms with Crippen molar-refractivity contribution in [2.75, 3.05) is 28.5 Å². The maximum atomic E-state index is 11.8. The molecule has 1 aliphatic rings. The molecular formula is C12H18ClN3O3S. The number of anilines is 2. The number of carbonyl (C=O) groups excluding carboxylic acids is 1. The van der Waals surface area contributed by atoms with E-state index in [1.807, 2.05) is 0 Å². The minimum absolute atomic E-state index is 0. The Morgan fingerprint density at radius 1 is 1.30 bits per heavy atom. The van der Waals surface area contributed by atoms with Crippen molar-refractivity contribution in [2.24, 2.45) is 5.73 Å². The van der Waals surface area contributed by atoms with E-state index in [0.717, 1.165) is 0 Å². The molecular weight excluding hydrogens is 302 g/mol. The van der Waals surface area contributed by atoms with Crippen LogP contribution in [-0.4, -0.2) is 33.2 Å². The quantitative estimate of drug-likeness (QED) is 0.863. The molecule has 0 radical (unpaired) electrons. The number of nitrogens with zero attached hydrogens (tertiary/aromatic N) is 1. The average molecular weight is 320 g/mol. The van der Waals surface area contributed by atoms with Crippen LogP contribution in [0.4, 0.5) is 11.4 Å². The number of benzene rings is 1. The Morgan fingerprint density at radius 2 is 1.95 bits per heavy atom. The number of rotatable bonds is 4. The summed E-state index contributed by atoms with van der Waals surface area (Å²) in [5, 5.41) is 2.69. The van der Waals surface area contributed by atoms with Gasteiger partial charge in [-0.05, 0) is 30.7 Å². The van der Waals surface area contributed by atoms with Crippen LogP contribution < -0.4 is 15.4 Å². The zero-order chi connectivity index (χ0) is 13.9. The van der Waals surface area contributed by atoms with Gasteiger partial charge < -0.3 is 11.1 Å². The fourth-order valence-corrected chi connectivity index (χ4v) is 3.56. The Kier molecular flexibility index (Phi) is 5.79. The van der Waals surface area contributed by atoms with Crippen molar-refractivity contribution in [3.05, 3.63) is 24.3 Å². The lowest BCUT2D eigenvalue weighted by Crippen LogP contribution is -2.25. The lowest BCUT2D eigenvalue weighted by molar-refractivity contribution is -0.116. The third kappa shape index (κ3) is 3.84. The highest BCUT2D eigenvalue weighted by atomic mass is 35.5. The van der Waals surface area contributed by atoms with Crippen molar-refractivity contribution >= 4 is 39.7 Å². The second-order valence-electron chi connectivity index (χ2n) is 4.38. The van der Waals surface area contributed by atoms with Crippen molar-refractivity contribution in [1.29, 1.82) is 0 Å². The largest absolute Gasteiger partial charge is 0.330 e. The highest BCUT2D eigenvalue weighted by molar-refractivity contribution is 7.93. The van der Waals surface area contributed by atoms with Crippen LogP contribution in [0.3, 0.4) is 0 Å². The molecule has 3 N–H and O–H groups in total. The molecule has 0 unspecified atom stereocenters. The summed E-state index contributed by atoms with van der Waals surface area (Å²) < 4.78 is 24.9. The van der Waals surface area contributed by atoms with Gasteiger partial charge in [0.1, 0.15) is 0 Å². The maximum absolute atomic E-state index is 11.8. The lowest BCUT2D eigenvalue weighted by atomic mass is 10.2. The summed E-state index contributed by atoms with van der Waals surface area (Å²) >= 11 is 0. The number of amides is 1. The van der Waals surface area contributed by atoms with Crippen molar-refractivity contribution in [2.45, 2.75) is 12.8 Å². The van der Waals surface area contributed by atoms with Gasteiger partial charge in [-0.3, -0.25) is 9.10 Å². The van der Waals surface area contributed by atoms with E-state index in [2.05, 4.69) is 5.32 Å². The SMILES string of the molecule is Cl.NCCC(=O)Nc1ccc(N2CCCS2(=O)=O)cc1. The zero-order valence-electron chi connectivity index (χ0n) is 10.9. The topological polar surface area (TPSA) is 92.5 Å². The van der Waals surface area contributed by atoms with E-state index in [1.165, 1.54) is 4.31 Å². The van der Waals surface area contributed by atoms with Crippen LogP contribution in [0.5, 0.6) is 0 Å². The summed E-state index contributed by atoms with van der Waals surface area (Å²) in [6.45, 7) is 0.817. The first-order chi connectivity index (χ1) is 9.03. The third-order valence-corrected chi connectivity index (χ3v) is 4.78. The molecule has 1 saturated heterocycles. The summed E-state index contributed by atoms with van der Waals surface area (Å²) in [4.78, 5) is 11.4. The van der Waals surface area contributed by atoms with Gasteiger partial charge in [0.2, 0.25) is 15.9 Å². The van der Waals surface area contributed by atoms with Crippen LogP contribution >= 0.6 is 12.4 Å². The van der Waals surface area contributed by atoms with Gasteiger partial charge in [0, 0.05) is 25.2 Å². The van der Waals surface area contributed by atoms with Gasteiger partial charge in [0.25, 0.3) is 0 Å². The van der Waals surface area contributed by atoms with Gasteiger partial charge >= 0.3 is 0 Å². The van der Waals surface area contributed by atoms with Crippen LogP contribution in [-0.2, 0) is 14.8 Å². The molecule has 0 spiro atoms. The van der Waals surface area contributed by atoms with Crippen LogP contribution in [0, 0.1) is 0 Å². The van der Waals surface area contributed by atoms with E-state index in [0.29, 0.717) is 30.9 Å². The average Bonchev–Trinajstić information content (AvgIpc) is 2.70. The van der Waals surface area contributed by atoms with Crippen molar-refractivity contribution < 1.29 is 13.2 Å². The molecule has 0 bridgehead atoms. The molecule has 20 heavy (non-hydrogen) atoms. The highest BCUT2D eigenvalue weighted by Gasteiger charge is 2.28. The van der Waals surface area contributed by atoms with E-state index in [-0.39, 0.29) is 30.5 Å². The molecule has 8 heteroatoms. The van der Waals surface area contributed by atoms with E-state index >= 15 is 0 Å². The van der Waals surface area contributed by atoms with Gasteiger partial charge in [-0.25, -0.2) is 8.42 Å². The second-order valence-corrected chi connectivity index (χ2v) is 6.39. The number of nitrogens with one attached hydrogen (secondary N) is 1. The lowest BCUT2D eigenvalue weighted by Gasteiger charge is -2.17. The number of halogens is 1. The van der Waals surface area contributed by atoms with Crippen molar-refractivity contribution in [3.63, 3.8) is 0 Å².